The first-order valence-electron chi connectivity index (χ1n) is 8.71. The molecule has 1 N–H and O–H groups in total. The zero-order valence-corrected chi connectivity index (χ0v) is 14.6. The number of benzene rings is 1. The third-order valence-corrected chi connectivity index (χ3v) is 4.59. The number of urea groups is 1. The largest absolute Gasteiger partial charge is 0.359 e. The number of carbonyl (C=O) groups excluding carboxylic acids is 1. The maximum Gasteiger partial charge on any atom is 0.322 e. The number of hydrogen-bond acceptors (Lipinski definition) is 3. The van der Waals surface area contributed by atoms with Gasteiger partial charge in [-0.2, -0.15) is 0 Å². The monoisotopic (exact) mass is 327 g/mol. The molecule has 0 spiro atoms. The van der Waals surface area contributed by atoms with Crippen LogP contribution in [0, 0.1) is 0 Å². The van der Waals surface area contributed by atoms with E-state index in [0.29, 0.717) is 5.92 Å². The van der Waals surface area contributed by atoms with E-state index in [1.165, 1.54) is 5.56 Å². The maximum absolute atomic E-state index is 12.6. The van der Waals surface area contributed by atoms with Crippen LogP contribution in [-0.4, -0.2) is 22.6 Å². The van der Waals surface area contributed by atoms with Gasteiger partial charge in [-0.3, -0.25) is 0 Å². The fourth-order valence-electron chi connectivity index (χ4n) is 3.06. The quantitative estimate of drug-likeness (QED) is 0.883. The molecule has 1 aromatic heterocycles. The molecule has 1 aliphatic heterocycles. The summed E-state index contributed by atoms with van der Waals surface area (Å²) in [6, 6.07) is 9.87. The molecule has 0 bridgehead atoms. The Labute approximate surface area is 143 Å². The van der Waals surface area contributed by atoms with Crippen LogP contribution in [0.25, 0.3) is 0 Å². The summed E-state index contributed by atoms with van der Waals surface area (Å²) < 4.78 is 5.50. The van der Waals surface area contributed by atoms with Crippen molar-refractivity contribution >= 4 is 11.7 Å². The first kappa shape index (κ1) is 16.6. The molecule has 5 nitrogen and oxygen atoms in total. The van der Waals surface area contributed by atoms with E-state index in [0.717, 1.165) is 42.9 Å². The van der Waals surface area contributed by atoms with Gasteiger partial charge in [0.05, 0.1) is 11.7 Å². The summed E-state index contributed by atoms with van der Waals surface area (Å²) in [5.41, 5.74) is 3.02. The van der Waals surface area contributed by atoms with Crippen molar-refractivity contribution in [2.75, 3.05) is 11.9 Å². The van der Waals surface area contributed by atoms with Crippen molar-refractivity contribution in [3.05, 3.63) is 47.3 Å². The molecule has 2 aromatic rings. The van der Waals surface area contributed by atoms with Crippen LogP contribution in [0.15, 0.2) is 34.9 Å². The Bertz CT molecular complexity index is 691. The third kappa shape index (κ3) is 3.45. The third-order valence-electron chi connectivity index (χ3n) is 4.59. The summed E-state index contributed by atoms with van der Waals surface area (Å²) in [5, 5.41) is 7.11. The van der Waals surface area contributed by atoms with Crippen LogP contribution in [-0.2, 0) is 6.42 Å². The Morgan fingerprint density at radius 1 is 1.38 bits per heavy atom. The number of nitrogens with zero attached hydrogens (tertiary/aromatic N) is 2. The number of aryl methyl sites for hydroxylation is 1. The van der Waals surface area contributed by atoms with E-state index in [-0.39, 0.29) is 12.1 Å². The van der Waals surface area contributed by atoms with Gasteiger partial charge in [0, 0.05) is 18.3 Å². The van der Waals surface area contributed by atoms with Gasteiger partial charge < -0.3 is 14.7 Å². The van der Waals surface area contributed by atoms with Crippen molar-refractivity contribution in [3.8, 4) is 0 Å². The average Bonchev–Trinajstić information content (AvgIpc) is 3.24. The van der Waals surface area contributed by atoms with Gasteiger partial charge in [0.15, 0.2) is 5.76 Å². The maximum atomic E-state index is 12.6. The van der Waals surface area contributed by atoms with E-state index in [4.69, 9.17) is 4.52 Å². The first-order chi connectivity index (χ1) is 11.6. The van der Waals surface area contributed by atoms with Crippen molar-refractivity contribution < 1.29 is 9.32 Å². The molecule has 1 saturated heterocycles. The lowest BCUT2D eigenvalue weighted by molar-refractivity contribution is 0.195. The molecule has 0 aliphatic carbocycles. The summed E-state index contributed by atoms with van der Waals surface area (Å²) in [7, 11) is 0. The van der Waals surface area contributed by atoms with Crippen molar-refractivity contribution in [2.45, 2.75) is 52.0 Å². The molecule has 2 amide bonds. The van der Waals surface area contributed by atoms with Crippen LogP contribution >= 0.6 is 0 Å². The molecule has 1 fully saturated rings. The Morgan fingerprint density at radius 2 is 2.12 bits per heavy atom. The number of nitrogens with one attached hydrogen (secondary N) is 1. The normalized spacial score (nSPS) is 17.5. The Hall–Kier alpha value is -2.30. The van der Waals surface area contributed by atoms with Gasteiger partial charge in [0.2, 0.25) is 0 Å². The van der Waals surface area contributed by atoms with Crippen LogP contribution in [0.2, 0.25) is 0 Å². The van der Waals surface area contributed by atoms with Gasteiger partial charge in [-0.15, -0.1) is 0 Å². The number of aromatic nitrogens is 1. The number of rotatable bonds is 4. The SMILES string of the molecule is CCc1ccc(NC(=O)N2CCC[C@@H]2c2cc(C(C)C)no2)cc1. The standard InChI is InChI=1S/C19H25N3O2/c1-4-14-7-9-15(10-8-14)20-19(23)22-11-5-6-17(22)18-12-16(13(2)3)21-24-18/h7-10,12-13,17H,4-6,11H2,1-3H3,(H,20,23)/t17-/m1/s1. The lowest BCUT2D eigenvalue weighted by Crippen LogP contribution is -2.34. The smallest absolute Gasteiger partial charge is 0.322 e. The molecule has 3 rings (SSSR count). The van der Waals surface area contributed by atoms with E-state index in [9.17, 15) is 4.79 Å². The molecule has 0 unspecified atom stereocenters. The number of carbonyl (C=O) groups is 1. The number of likely N-dealkylation sites (tertiary alicyclic amines) is 1. The van der Waals surface area contributed by atoms with Crippen molar-refractivity contribution in [1.82, 2.24) is 10.1 Å². The fourth-order valence-corrected chi connectivity index (χ4v) is 3.06. The Balaban J connectivity index is 1.70. The van der Waals surface area contributed by atoms with E-state index in [1.807, 2.05) is 35.2 Å². The van der Waals surface area contributed by atoms with E-state index < -0.39 is 0 Å². The van der Waals surface area contributed by atoms with Crippen molar-refractivity contribution in [1.29, 1.82) is 0 Å². The number of anilines is 1. The molecule has 128 valence electrons. The highest BCUT2D eigenvalue weighted by molar-refractivity contribution is 5.89. The van der Waals surface area contributed by atoms with Gasteiger partial charge in [-0.25, -0.2) is 4.79 Å². The lowest BCUT2D eigenvalue weighted by atomic mass is 10.1. The molecule has 1 aromatic carbocycles. The van der Waals surface area contributed by atoms with Gasteiger partial charge in [-0.1, -0.05) is 38.1 Å². The number of hydrogen-bond donors (Lipinski definition) is 1. The van der Waals surface area contributed by atoms with Gasteiger partial charge in [0.1, 0.15) is 0 Å². The van der Waals surface area contributed by atoms with Crippen LogP contribution < -0.4 is 5.32 Å². The summed E-state index contributed by atoms with van der Waals surface area (Å²) in [6.45, 7) is 7.02. The lowest BCUT2D eigenvalue weighted by Gasteiger charge is -2.23. The topological polar surface area (TPSA) is 58.4 Å². The minimum Gasteiger partial charge on any atom is -0.359 e. The summed E-state index contributed by atoms with van der Waals surface area (Å²) in [6.07, 6.45) is 2.88. The highest BCUT2D eigenvalue weighted by Gasteiger charge is 2.33. The molecule has 0 radical (unpaired) electrons. The van der Waals surface area contributed by atoms with Crippen molar-refractivity contribution in [3.63, 3.8) is 0 Å². The van der Waals surface area contributed by atoms with Gasteiger partial charge in [-0.05, 0) is 42.9 Å². The fraction of sp³-hybridized carbons (Fsp3) is 0.474. The second kappa shape index (κ2) is 7.07. The highest BCUT2D eigenvalue weighted by atomic mass is 16.5. The number of amides is 2. The van der Waals surface area contributed by atoms with Crippen LogP contribution in [0.3, 0.4) is 0 Å². The molecule has 1 aliphatic rings. The van der Waals surface area contributed by atoms with Gasteiger partial charge in [0.25, 0.3) is 0 Å². The second-order valence-corrected chi connectivity index (χ2v) is 6.64. The van der Waals surface area contributed by atoms with E-state index in [2.05, 4.69) is 31.2 Å². The molecular formula is C19H25N3O2. The summed E-state index contributed by atoms with van der Waals surface area (Å²) in [4.78, 5) is 14.5. The van der Waals surface area contributed by atoms with Crippen LogP contribution in [0.1, 0.15) is 62.6 Å². The predicted octanol–water partition coefficient (Wildman–Crippen LogP) is 4.73. The molecular weight excluding hydrogens is 302 g/mol. The predicted molar refractivity (Wildman–Crippen MR) is 94.1 cm³/mol. The molecule has 1 atom stereocenters. The summed E-state index contributed by atoms with van der Waals surface area (Å²) in [5.74, 6) is 1.11. The van der Waals surface area contributed by atoms with E-state index >= 15 is 0 Å². The molecule has 2 heterocycles. The first-order valence-corrected chi connectivity index (χ1v) is 8.71. The minimum absolute atomic E-state index is 0.0279. The molecule has 0 saturated carbocycles. The zero-order chi connectivity index (χ0) is 17.1. The Morgan fingerprint density at radius 3 is 2.75 bits per heavy atom. The average molecular weight is 327 g/mol. The summed E-state index contributed by atoms with van der Waals surface area (Å²) >= 11 is 0. The molecule has 24 heavy (non-hydrogen) atoms. The minimum atomic E-state index is -0.0794. The highest BCUT2D eigenvalue weighted by Crippen LogP contribution is 2.33. The van der Waals surface area contributed by atoms with Crippen molar-refractivity contribution in [2.24, 2.45) is 0 Å². The van der Waals surface area contributed by atoms with E-state index in [1.54, 1.807) is 0 Å². The van der Waals surface area contributed by atoms with Crippen LogP contribution in [0.4, 0.5) is 10.5 Å². The van der Waals surface area contributed by atoms with Crippen LogP contribution in [0.5, 0.6) is 0 Å². The molecule has 5 heteroatoms. The Kier molecular flexibility index (Phi) is 4.88. The zero-order valence-electron chi connectivity index (χ0n) is 14.6. The van der Waals surface area contributed by atoms with Gasteiger partial charge >= 0.3 is 6.03 Å². The second-order valence-electron chi connectivity index (χ2n) is 6.64.